The molecule has 0 aliphatic carbocycles. The van der Waals surface area contributed by atoms with Gasteiger partial charge < -0.3 is 10.1 Å². The molecule has 2 rings (SSSR count). The van der Waals surface area contributed by atoms with Gasteiger partial charge >= 0.3 is 0 Å². The smallest absolute Gasteiger partial charge is 0.251 e. The van der Waals surface area contributed by atoms with Crippen LogP contribution in [0.4, 0.5) is 0 Å². The highest BCUT2D eigenvalue weighted by molar-refractivity contribution is 7.89. The Kier molecular flexibility index (Phi) is 7.38. The van der Waals surface area contributed by atoms with E-state index in [0.717, 1.165) is 5.56 Å². The number of carbonyl (C=O) groups excluding carboxylic acids is 1. The van der Waals surface area contributed by atoms with Gasteiger partial charge in [0, 0.05) is 23.7 Å². The summed E-state index contributed by atoms with van der Waals surface area (Å²) >= 11 is 5.97. The molecular formula is C19H23ClN2O4S. The van der Waals surface area contributed by atoms with Crippen molar-refractivity contribution >= 4 is 27.5 Å². The summed E-state index contributed by atoms with van der Waals surface area (Å²) in [5.41, 5.74) is 1.25. The van der Waals surface area contributed by atoms with E-state index >= 15 is 0 Å². The first-order chi connectivity index (χ1) is 12.7. The highest BCUT2D eigenvalue weighted by Gasteiger charge is 2.18. The van der Waals surface area contributed by atoms with Crippen LogP contribution in [-0.2, 0) is 14.8 Å². The number of amides is 1. The number of hydrogen-bond acceptors (Lipinski definition) is 4. The zero-order chi connectivity index (χ0) is 20.0. The normalized spacial score (nSPS) is 13.8. The van der Waals surface area contributed by atoms with E-state index < -0.39 is 10.0 Å². The number of sulfonamides is 1. The van der Waals surface area contributed by atoms with Gasteiger partial charge in [0.1, 0.15) is 0 Å². The SMILES string of the molecule is COC[C@@H](C)NS(=O)(=O)c1ccc(C(=O)N[C@H](C)c2cccc(Cl)c2)cc1. The molecule has 0 heterocycles. The Balaban J connectivity index is 2.06. The lowest BCUT2D eigenvalue weighted by molar-refractivity contribution is 0.0940. The zero-order valence-corrected chi connectivity index (χ0v) is 17.0. The third-order valence-corrected chi connectivity index (χ3v) is 5.74. The summed E-state index contributed by atoms with van der Waals surface area (Å²) in [6.45, 7) is 3.82. The van der Waals surface area contributed by atoms with E-state index in [0.29, 0.717) is 10.6 Å². The molecule has 0 unspecified atom stereocenters. The fourth-order valence-electron chi connectivity index (χ4n) is 2.54. The Morgan fingerprint density at radius 1 is 1.15 bits per heavy atom. The maximum absolute atomic E-state index is 12.4. The monoisotopic (exact) mass is 410 g/mol. The Hall–Kier alpha value is -1.93. The minimum Gasteiger partial charge on any atom is -0.383 e. The first-order valence-electron chi connectivity index (χ1n) is 8.40. The fraction of sp³-hybridized carbons (Fsp3) is 0.316. The standard InChI is InChI=1S/C19H23ClN2O4S/c1-13(12-26-3)22-27(24,25)18-9-7-15(8-10-18)19(23)21-14(2)16-5-4-6-17(20)11-16/h4-11,13-14,22H,12H2,1-3H3,(H,21,23)/t13-,14-/m1/s1. The first-order valence-corrected chi connectivity index (χ1v) is 10.3. The molecule has 2 atom stereocenters. The van der Waals surface area contributed by atoms with E-state index in [1.54, 1.807) is 19.1 Å². The number of carbonyl (C=O) groups is 1. The van der Waals surface area contributed by atoms with Crippen molar-refractivity contribution in [2.75, 3.05) is 13.7 Å². The van der Waals surface area contributed by atoms with Crippen LogP contribution in [0.3, 0.4) is 0 Å². The van der Waals surface area contributed by atoms with E-state index in [1.807, 2.05) is 19.1 Å². The molecule has 1 amide bonds. The van der Waals surface area contributed by atoms with Crippen molar-refractivity contribution in [3.63, 3.8) is 0 Å². The minimum absolute atomic E-state index is 0.0879. The van der Waals surface area contributed by atoms with Gasteiger partial charge in [0.05, 0.1) is 17.5 Å². The maximum atomic E-state index is 12.4. The Morgan fingerprint density at radius 3 is 2.41 bits per heavy atom. The number of benzene rings is 2. The molecule has 0 spiro atoms. The molecule has 0 aliphatic rings. The van der Waals surface area contributed by atoms with Gasteiger partial charge in [0.15, 0.2) is 0 Å². The van der Waals surface area contributed by atoms with Gasteiger partial charge in [0.25, 0.3) is 5.91 Å². The molecule has 2 aromatic rings. The van der Waals surface area contributed by atoms with E-state index in [1.165, 1.54) is 31.4 Å². The predicted molar refractivity (Wildman–Crippen MR) is 105 cm³/mol. The van der Waals surface area contributed by atoms with Crippen LogP contribution in [0.2, 0.25) is 5.02 Å². The summed E-state index contributed by atoms with van der Waals surface area (Å²) in [6, 6.07) is 12.4. The summed E-state index contributed by atoms with van der Waals surface area (Å²) in [6.07, 6.45) is 0. The number of halogens is 1. The van der Waals surface area contributed by atoms with Crippen LogP contribution in [0.25, 0.3) is 0 Å². The topological polar surface area (TPSA) is 84.5 Å². The fourth-order valence-corrected chi connectivity index (χ4v) is 3.97. The highest BCUT2D eigenvalue weighted by atomic mass is 35.5. The van der Waals surface area contributed by atoms with E-state index in [-0.39, 0.29) is 29.5 Å². The number of methoxy groups -OCH3 is 1. The lowest BCUT2D eigenvalue weighted by Crippen LogP contribution is -2.35. The molecule has 146 valence electrons. The third kappa shape index (κ3) is 6.04. The molecule has 8 heteroatoms. The van der Waals surface area contributed by atoms with Crippen molar-refractivity contribution in [1.29, 1.82) is 0 Å². The molecule has 6 nitrogen and oxygen atoms in total. The van der Waals surface area contributed by atoms with E-state index in [4.69, 9.17) is 16.3 Å². The van der Waals surface area contributed by atoms with Crippen molar-refractivity contribution in [3.8, 4) is 0 Å². The van der Waals surface area contributed by atoms with Gasteiger partial charge in [-0.2, -0.15) is 0 Å². The maximum Gasteiger partial charge on any atom is 0.251 e. The van der Waals surface area contributed by atoms with Crippen molar-refractivity contribution in [1.82, 2.24) is 10.0 Å². The summed E-state index contributed by atoms with van der Waals surface area (Å²) < 4.78 is 32.1. The average Bonchev–Trinajstić information content (AvgIpc) is 2.61. The molecule has 0 radical (unpaired) electrons. The number of nitrogens with one attached hydrogen (secondary N) is 2. The largest absolute Gasteiger partial charge is 0.383 e. The number of rotatable bonds is 8. The molecule has 0 fully saturated rings. The molecule has 2 N–H and O–H groups in total. The van der Waals surface area contributed by atoms with Crippen LogP contribution in [0.5, 0.6) is 0 Å². The lowest BCUT2D eigenvalue weighted by Gasteiger charge is -2.15. The Morgan fingerprint density at radius 2 is 1.81 bits per heavy atom. The van der Waals surface area contributed by atoms with Crippen LogP contribution in [-0.4, -0.2) is 34.1 Å². The van der Waals surface area contributed by atoms with Gasteiger partial charge in [-0.3, -0.25) is 4.79 Å². The van der Waals surface area contributed by atoms with Crippen molar-refractivity contribution in [2.45, 2.75) is 30.8 Å². The van der Waals surface area contributed by atoms with E-state index in [2.05, 4.69) is 10.0 Å². The second-order valence-electron chi connectivity index (χ2n) is 6.25. The van der Waals surface area contributed by atoms with Crippen LogP contribution in [0, 0.1) is 0 Å². The predicted octanol–water partition coefficient (Wildman–Crippen LogP) is 3.14. The average molecular weight is 411 g/mol. The summed E-state index contributed by atoms with van der Waals surface area (Å²) in [4.78, 5) is 12.5. The second kappa shape index (κ2) is 9.32. The molecule has 2 aromatic carbocycles. The lowest BCUT2D eigenvalue weighted by atomic mass is 10.1. The van der Waals surface area contributed by atoms with Crippen LogP contribution >= 0.6 is 11.6 Å². The molecular weight excluding hydrogens is 388 g/mol. The van der Waals surface area contributed by atoms with Gasteiger partial charge in [-0.25, -0.2) is 13.1 Å². The van der Waals surface area contributed by atoms with E-state index in [9.17, 15) is 13.2 Å². The molecule has 0 bridgehead atoms. The van der Waals surface area contributed by atoms with Crippen LogP contribution in [0.1, 0.15) is 35.8 Å². The second-order valence-corrected chi connectivity index (χ2v) is 8.40. The van der Waals surface area contributed by atoms with Crippen molar-refractivity contribution < 1.29 is 17.9 Å². The van der Waals surface area contributed by atoms with Crippen LogP contribution in [0.15, 0.2) is 53.4 Å². The Labute approximate surface area is 164 Å². The first kappa shape index (κ1) is 21.4. The molecule has 0 saturated carbocycles. The van der Waals surface area contributed by atoms with Crippen molar-refractivity contribution in [2.24, 2.45) is 0 Å². The molecule has 27 heavy (non-hydrogen) atoms. The summed E-state index contributed by atoms with van der Waals surface area (Å²) in [5.74, 6) is -0.299. The van der Waals surface area contributed by atoms with Crippen LogP contribution < -0.4 is 10.0 Å². The third-order valence-electron chi connectivity index (χ3n) is 3.90. The zero-order valence-electron chi connectivity index (χ0n) is 15.4. The molecule has 0 aliphatic heterocycles. The summed E-state index contributed by atoms with van der Waals surface area (Å²) in [7, 11) is -2.17. The number of hydrogen-bond donors (Lipinski definition) is 2. The molecule has 0 aromatic heterocycles. The molecule has 0 saturated heterocycles. The number of ether oxygens (including phenoxy) is 1. The van der Waals surface area contributed by atoms with Gasteiger partial charge in [-0.15, -0.1) is 0 Å². The van der Waals surface area contributed by atoms with Gasteiger partial charge in [0.2, 0.25) is 10.0 Å². The van der Waals surface area contributed by atoms with Gasteiger partial charge in [-0.1, -0.05) is 23.7 Å². The quantitative estimate of drug-likeness (QED) is 0.700. The highest BCUT2D eigenvalue weighted by Crippen LogP contribution is 2.18. The van der Waals surface area contributed by atoms with Crippen molar-refractivity contribution in [3.05, 3.63) is 64.7 Å². The minimum atomic E-state index is -3.67. The summed E-state index contributed by atoms with van der Waals surface area (Å²) in [5, 5.41) is 3.46. The Bertz CT molecular complexity index is 885. The van der Waals surface area contributed by atoms with Gasteiger partial charge in [-0.05, 0) is 55.8 Å².